The number of hydrogen-bond acceptors (Lipinski definition) is 2. The lowest BCUT2D eigenvalue weighted by Crippen LogP contribution is -2.26. The van der Waals surface area contributed by atoms with Gasteiger partial charge in [-0.15, -0.1) is 0 Å². The third-order valence-corrected chi connectivity index (χ3v) is 2.87. The maximum Gasteiger partial charge on any atom is 0.0410 e. The van der Waals surface area contributed by atoms with Crippen molar-refractivity contribution in [2.24, 2.45) is 0 Å². The lowest BCUT2D eigenvalue weighted by Gasteiger charge is -2.23. The first-order valence-corrected chi connectivity index (χ1v) is 5.49. The van der Waals surface area contributed by atoms with Crippen molar-refractivity contribution in [3.63, 3.8) is 0 Å². The van der Waals surface area contributed by atoms with Crippen molar-refractivity contribution < 1.29 is 0 Å². The Kier molecular flexibility index (Phi) is 2.96. The van der Waals surface area contributed by atoms with Crippen molar-refractivity contribution in [3.8, 4) is 0 Å². The maximum absolute atomic E-state index is 4.17. The second-order valence-corrected chi connectivity index (χ2v) is 4.35. The van der Waals surface area contributed by atoms with Crippen molar-refractivity contribution in [1.82, 2.24) is 10.3 Å². The summed E-state index contributed by atoms with van der Waals surface area (Å²) in [7, 11) is 0. The predicted octanol–water partition coefficient (Wildman–Crippen LogP) is 2.66. The smallest absolute Gasteiger partial charge is 0.0410 e. The highest BCUT2D eigenvalue weighted by atomic mass is 79.9. The van der Waals surface area contributed by atoms with Crippen LogP contribution in [0.15, 0.2) is 22.9 Å². The van der Waals surface area contributed by atoms with E-state index in [2.05, 4.69) is 32.3 Å². The molecule has 0 saturated carbocycles. The third-order valence-electron chi connectivity index (χ3n) is 2.44. The van der Waals surface area contributed by atoms with E-state index in [4.69, 9.17) is 0 Å². The average Bonchev–Trinajstić information content (AvgIpc) is 2.19. The van der Waals surface area contributed by atoms with Crippen LogP contribution in [0.1, 0.15) is 30.9 Å². The highest BCUT2D eigenvalue weighted by Crippen LogP contribution is 2.23. The first kappa shape index (κ1) is 9.16. The largest absolute Gasteiger partial charge is 0.310 e. The summed E-state index contributed by atoms with van der Waals surface area (Å²) in [6.45, 7) is 1.14. The predicted molar refractivity (Wildman–Crippen MR) is 56.5 cm³/mol. The van der Waals surface area contributed by atoms with Crippen molar-refractivity contribution in [2.75, 3.05) is 6.54 Å². The van der Waals surface area contributed by atoms with Crippen LogP contribution in [0.4, 0.5) is 0 Å². The number of pyridine rings is 1. The highest BCUT2D eigenvalue weighted by molar-refractivity contribution is 9.10. The summed E-state index contributed by atoms with van der Waals surface area (Å²) in [5.74, 6) is 0. The molecule has 0 spiro atoms. The molecule has 2 heterocycles. The summed E-state index contributed by atoms with van der Waals surface area (Å²) in [6, 6.07) is 2.66. The van der Waals surface area contributed by atoms with Crippen molar-refractivity contribution in [2.45, 2.75) is 25.3 Å². The van der Waals surface area contributed by atoms with Crippen LogP contribution in [0.2, 0.25) is 0 Å². The SMILES string of the molecule is Brc1cncc([C@H]2CCCCN2)c1. The van der Waals surface area contributed by atoms with E-state index < -0.39 is 0 Å². The summed E-state index contributed by atoms with van der Waals surface area (Å²) >= 11 is 3.44. The number of halogens is 1. The molecule has 0 aromatic carbocycles. The van der Waals surface area contributed by atoms with E-state index in [0.29, 0.717) is 6.04 Å². The first-order chi connectivity index (χ1) is 6.36. The Labute approximate surface area is 86.9 Å². The van der Waals surface area contributed by atoms with Gasteiger partial charge in [0.2, 0.25) is 0 Å². The molecule has 0 radical (unpaired) electrons. The Morgan fingerprint density at radius 3 is 3.00 bits per heavy atom. The Hall–Kier alpha value is -0.410. The lowest BCUT2D eigenvalue weighted by molar-refractivity contribution is 0.411. The fraction of sp³-hybridized carbons (Fsp3) is 0.500. The van der Waals surface area contributed by atoms with Crippen LogP contribution < -0.4 is 5.32 Å². The Morgan fingerprint density at radius 2 is 2.31 bits per heavy atom. The minimum atomic E-state index is 0.513. The van der Waals surface area contributed by atoms with Gasteiger partial charge in [-0.1, -0.05) is 6.42 Å². The van der Waals surface area contributed by atoms with E-state index in [-0.39, 0.29) is 0 Å². The molecular weight excluding hydrogens is 228 g/mol. The molecule has 0 bridgehead atoms. The van der Waals surface area contributed by atoms with Gasteiger partial charge in [0.1, 0.15) is 0 Å². The molecule has 1 N–H and O–H groups in total. The van der Waals surface area contributed by atoms with E-state index in [1.807, 2.05) is 12.4 Å². The van der Waals surface area contributed by atoms with E-state index >= 15 is 0 Å². The summed E-state index contributed by atoms with van der Waals surface area (Å²) in [5, 5.41) is 3.50. The Morgan fingerprint density at radius 1 is 1.38 bits per heavy atom. The number of hydrogen-bond donors (Lipinski definition) is 1. The fourth-order valence-electron chi connectivity index (χ4n) is 1.76. The molecule has 0 amide bonds. The Balaban J connectivity index is 2.14. The molecule has 13 heavy (non-hydrogen) atoms. The third kappa shape index (κ3) is 2.29. The van der Waals surface area contributed by atoms with Gasteiger partial charge in [0.15, 0.2) is 0 Å². The Bertz CT molecular complexity index is 282. The molecule has 1 aliphatic rings. The quantitative estimate of drug-likeness (QED) is 0.817. The molecule has 1 fully saturated rings. The number of rotatable bonds is 1. The number of aromatic nitrogens is 1. The monoisotopic (exact) mass is 240 g/mol. The van der Waals surface area contributed by atoms with E-state index in [9.17, 15) is 0 Å². The normalized spacial score (nSPS) is 23.0. The van der Waals surface area contributed by atoms with E-state index in [1.54, 1.807) is 0 Å². The van der Waals surface area contributed by atoms with Crippen LogP contribution in [-0.2, 0) is 0 Å². The molecule has 1 saturated heterocycles. The van der Waals surface area contributed by atoms with Crippen molar-refractivity contribution in [3.05, 3.63) is 28.5 Å². The second-order valence-electron chi connectivity index (χ2n) is 3.44. The minimum Gasteiger partial charge on any atom is -0.310 e. The summed E-state index contributed by atoms with van der Waals surface area (Å²) in [6.07, 6.45) is 7.64. The van der Waals surface area contributed by atoms with E-state index in [1.165, 1.54) is 24.8 Å². The molecule has 1 aromatic heterocycles. The van der Waals surface area contributed by atoms with Crippen molar-refractivity contribution >= 4 is 15.9 Å². The second kappa shape index (κ2) is 4.20. The molecular formula is C10H13BrN2. The lowest BCUT2D eigenvalue weighted by atomic mass is 9.99. The summed E-state index contributed by atoms with van der Waals surface area (Å²) in [5.41, 5.74) is 1.30. The zero-order valence-electron chi connectivity index (χ0n) is 7.46. The van der Waals surface area contributed by atoms with Gasteiger partial charge < -0.3 is 5.32 Å². The molecule has 70 valence electrons. The van der Waals surface area contributed by atoms with Crippen LogP contribution >= 0.6 is 15.9 Å². The molecule has 1 aliphatic heterocycles. The molecule has 1 aromatic rings. The van der Waals surface area contributed by atoms with Gasteiger partial charge in [0.25, 0.3) is 0 Å². The average molecular weight is 241 g/mol. The molecule has 0 aliphatic carbocycles. The summed E-state index contributed by atoms with van der Waals surface area (Å²) < 4.78 is 1.07. The van der Waals surface area contributed by atoms with Crippen LogP contribution in [0, 0.1) is 0 Å². The van der Waals surface area contributed by atoms with Gasteiger partial charge in [0.05, 0.1) is 0 Å². The van der Waals surface area contributed by atoms with Crippen LogP contribution in [-0.4, -0.2) is 11.5 Å². The van der Waals surface area contributed by atoms with Gasteiger partial charge in [-0.3, -0.25) is 4.98 Å². The van der Waals surface area contributed by atoms with E-state index in [0.717, 1.165) is 11.0 Å². The minimum absolute atomic E-state index is 0.513. The van der Waals surface area contributed by atoms with Gasteiger partial charge in [-0.2, -0.15) is 0 Å². The van der Waals surface area contributed by atoms with Crippen molar-refractivity contribution in [1.29, 1.82) is 0 Å². The molecule has 0 unspecified atom stereocenters. The highest BCUT2D eigenvalue weighted by Gasteiger charge is 2.14. The number of nitrogens with zero attached hydrogens (tertiary/aromatic N) is 1. The topological polar surface area (TPSA) is 24.9 Å². The zero-order valence-corrected chi connectivity index (χ0v) is 9.05. The van der Waals surface area contributed by atoms with Gasteiger partial charge in [0, 0.05) is 22.9 Å². The molecule has 2 nitrogen and oxygen atoms in total. The molecule has 1 atom stereocenters. The van der Waals surface area contributed by atoms with Crippen LogP contribution in [0.3, 0.4) is 0 Å². The van der Waals surface area contributed by atoms with Gasteiger partial charge >= 0.3 is 0 Å². The fourth-order valence-corrected chi connectivity index (χ4v) is 2.14. The first-order valence-electron chi connectivity index (χ1n) is 4.70. The number of nitrogens with one attached hydrogen (secondary N) is 1. The standard InChI is InChI=1S/C10H13BrN2/c11-9-5-8(6-12-7-9)10-3-1-2-4-13-10/h5-7,10,13H,1-4H2/t10-/m1/s1. The maximum atomic E-state index is 4.17. The molecule has 3 heteroatoms. The van der Waals surface area contributed by atoms with Crippen LogP contribution in [0.25, 0.3) is 0 Å². The zero-order chi connectivity index (χ0) is 9.10. The molecule has 2 rings (SSSR count). The van der Waals surface area contributed by atoms with Crippen LogP contribution in [0.5, 0.6) is 0 Å². The number of piperidine rings is 1. The van der Waals surface area contributed by atoms with Gasteiger partial charge in [-0.25, -0.2) is 0 Å². The van der Waals surface area contributed by atoms with Gasteiger partial charge in [-0.05, 0) is 46.9 Å². The summed E-state index contributed by atoms with van der Waals surface area (Å²) in [4.78, 5) is 4.17.